The monoisotopic (exact) mass is 443 g/mol. The molecule has 0 unspecified atom stereocenters. The maximum atomic E-state index is 13.2. The molecule has 2 heterocycles. The van der Waals surface area contributed by atoms with Crippen LogP contribution < -0.4 is 5.32 Å². The Kier molecular flexibility index (Phi) is 5.77. The van der Waals surface area contributed by atoms with Crippen molar-refractivity contribution in [1.82, 2.24) is 9.29 Å². The van der Waals surface area contributed by atoms with Crippen molar-refractivity contribution in [2.45, 2.75) is 24.7 Å². The van der Waals surface area contributed by atoms with Crippen LogP contribution in [0.1, 0.15) is 18.4 Å². The van der Waals surface area contributed by atoms with E-state index >= 15 is 0 Å². The van der Waals surface area contributed by atoms with Gasteiger partial charge in [0.15, 0.2) is 0 Å². The summed E-state index contributed by atoms with van der Waals surface area (Å²) in [5, 5.41) is 4.26. The summed E-state index contributed by atoms with van der Waals surface area (Å²) in [6, 6.07) is 14.2. The number of hydrogen-bond acceptors (Lipinski definition) is 4. The van der Waals surface area contributed by atoms with Gasteiger partial charge in [-0.05, 0) is 49.6 Å². The van der Waals surface area contributed by atoms with Crippen LogP contribution in [0.15, 0.2) is 59.6 Å². The summed E-state index contributed by atoms with van der Waals surface area (Å²) in [5.74, 6) is -0.360. The number of nitrogens with zero attached hydrogens (tertiary/aromatic N) is 2. The number of carbonyl (C=O) groups is 1. The van der Waals surface area contributed by atoms with Crippen molar-refractivity contribution in [2.75, 3.05) is 18.4 Å². The normalized spacial score (nSPS) is 15.9. The third kappa shape index (κ3) is 4.05. The number of para-hydroxylation sites is 1. The van der Waals surface area contributed by atoms with Gasteiger partial charge in [0.05, 0.1) is 5.52 Å². The van der Waals surface area contributed by atoms with E-state index in [1.807, 2.05) is 31.2 Å². The third-order valence-corrected chi connectivity index (χ3v) is 7.82. The van der Waals surface area contributed by atoms with E-state index in [1.54, 1.807) is 30.5 Å². The SMILES string of the molecule is Cc1ccc(NC(=O)C2CCN(S(=O)(=O)c3cccc4cccnc34)CC2)cc1Cl. The standard InChI is InChI=1S/C22H22ClN3O3S/c1-15-7-8-18(14-19(15)23)25-22(27)17-9-12-26(13-10-17)30(28,29)20-6-2-4-16-5-3-11-24-21(16)20/h2-8,11,14,17H,9-10,12-13H2,1H3,(H,25,27). The predicted molar refractivity (Wildman–Crippen MR) is 118 cm³/mol. The number of halogens is 1. The van der Waals surface area contributed by atoms with Crippen molar-refractivity contribution in [3.8, 4) is 0 Å². The highest BCUT2D eigenvalue weighted by atomic mass is 35.5. The van der Waals surface area contributed by atoms with Crippen molar-refractivity contribution in [3.63, 3.8) is 0 Å². The van der Waals surface area contributed by atoms with Crippen molar-refractivity contribution in [1.29, 1.82) is 0 Å². The van der Waals surface area contributed by atoms with Gasteiger partial charge in [-0.25, -0.2) is 8.42 Å². The van der Waals surface area contributed by atoms with Crippen LogP contribution in [0.5, 0.6) is 0 Å². The number of aryl methyl sites for hydroxylation is 1. The van der Waals surface area contributed by atoms with Crippen molar-refractivity contribution >= 4 is 44.1 Å². The Morgan fingerprint density at radius 1 is 1.13 bits per heavy atom. The molecular formula is C22H22ClN3O3S. The highest BCUT2D eigenvalue weighted by Crippen LogP contribution is 2.28. The number of hydrogen-bond donors (Lipinski definition) is 1. The van der Waals surface area contributed by atoms with Gasteiger partial charge >= 0.3 is 0 Å². The van der Waals surface area contributed by atoms with Gasteiger partial charge in [-0.3, -0.25) is 9.78 Å². The first-order chi connectivity index (χ1) is 14.4. The van der Waals surface area contributed by atoms with Gasteiger partial charge in [0.1, 0.15) is 4.90 Å². The number of pyridine rings is 1. The molecule has 0 saturated carbocycles. The molecule has 0 bridgehead atoms. The summed E-state index contributed by atoms with van der Waals surface area (Å²) in [7, 11) is -3.69. The number of amides is 1. The fourth-order valence-electron chi connectivity index (χ4n) is 3.70. The van der Waals surface area contributed by atoms with Gasteiger partial charge in [-0.2, -0.15) is 4.31 Å². The van der Waals surface area contributed by atoms with Gasteiger partial charge in [0.25, 0.3) is 0 Å². The van der Waals surface area contributed by atoms with E-state index in [0.717, 1.165) is 10.9 Å². The van der Waals surface area contributed by atoms with Crippen LogP contribution in [0.25, 0.3) is 10.9 Å². The molecule has 0 radical (unpaired) electrons. The highest BCUT2D eigenvalue weighted by molar-refractivity contribution is 7.89. The molecule has 3 aromatic rings. The zero-order valence-electron chi connectivity index (χ0n) is 16.5. The summed E-state index contributed by atoms with van der Waals surface area (Å²) in [5.41, 5.74) is 2.06. The van der Waals surface area contributed by atoms with Gasteiger partial charge in [-0.1, -0.05) is 35.9 Å². The Labute approximate surface area is 180 Å². The second-order valence-corrected chi connectivity index (χ2v) is 9.78. The van der Waals surface area contributed by atoms with E-state index < -0.39 is 10.0 Å². The maximum absolute atomic E-state index is 13.2. The maximum Gasteiger partial charge on any atom is 0.245 e. The Morgan fingerprint density at radius 2 is 1.87 bits per heavy atom. The molecule has 0 aliphatic carbocycles. The van der Waals surface area contributed by atoms with Crippen LogP contribution in [0.2, 0.25) is 5.02 Å². The zero-order valence-corrected chi connectivity index (χ0v) is 18.1. The van der Waals surface area contributed by atoms with Crippen LogP contribution in [0.4, 0.5) is 5.69 Å². The zero-order chi connectivity index (χ0) is 21.3. The van der Waals surface area contributed by atoms with Crippen LogP contribution in [-0.2, 0) is 14.8 Å². The summed E-state index contributed by atoms with van der Waals surface area (Å²) >= 11 is 6.12. The minimum absolute atomic E-state index is 0.112. The number of rotatable bonds is 4. The fraction of sp³-hybridized carbons (Fsp3) is 0.273. The minimum atomic E-state index is -3.69. The first-order valence-corrected chi connectivity index (χ1v) is 11.6. The van der Waals surface area contributed by atoms with E-state index in [9.17, 15) is 13.2 Å². The van der Waals surface area contributed by atoms with E-state index in [-0.39, 0.29) is 29.8 Å². The lowest BCUT2D eigenvalue weighted by Crippen LogP contribution is -2.41. The average Bonchev–Trinajstić information content (AvgIpc) is 2.76. The molecule has 156 valence electrons. The number of benzene rings is 2. The molecule has 1 aliphatic rings. The number of nitrogens with one attached hydrogen (secondary N) is 1. The molecule has 2 aromatic carbocycles. The summed E-state index contributed by atoms with van der Waals surface area (Å²) in [4.78, 5) is 17.1. The average molecular weight is 444 g/mol. The lowest BCUT2D eigenvalue weighted by Gasteiger charge is -2.30. The molecule has 1 saturated heterocycles. The van der Waals surface area contributed by atoms with E-state index in [1.165, 1.54) is 4.31 Å². The highest BCUT2D eigenvalue weighted by Gasteiger charge is 2.33. The topological polar surface area (TPSA) is 79.4 Å². The molecule has 1 aromatic heterocycles. The molecule has 1 amide bonds. The molecule has 0 atom stereocenters. The van der Waals surface area contributed by atoms with Crippen LogP contribution in [0, 0.1) is 12.8 Å². The Morgan fingerprint density at radius 3 is 2.60 bits per heavy atom. The van der Waals surface area contributed by atoms with Crippen LogP contribution in [-0.4, -0.2) is 36.7 Å². The number of carbonyl (C=O) groups excluding carboxylic acids is 1. The smallest absolute Gasteiger partial charge is 0.245 e. The molecular weight excluding hydrogens is 422 g/mol. The van der Waals surface area contributed by atoms with Crippen molar-refractivity contribution in [2.24, 2.45) is 5.92 Å². The summed E-state index contributed by atoms with van der Waals surface area (Å²) in [6.45, 7) is 2.48. The lowest BCUT2D eigenvalue weighted by molar-refractivity contribution is -0.120. The van der Waals surface area contributed by atoms with Crippen molar-refractivity contribution in [3.05, 3.63) is 65.3 Å². The summed E-state index contributed by atoms with van der Waals surface area (Å²) < 4.78 is 27.9. The third-order valence-electron chi connectivity index (χ3n) is 5.48. The van der Waals surface area contributed by atoms with Gasteiger partial charge in [0.2, 0.25) is 15.9 Å². The van der Waals surface area contributed by atoms with Crippen LogP contribution >= 0.6 is 11.6 Å². The first-order valence-electron chi connectivity index (χ1n) is 9.77. The van der Waals surface area contributed by atoms with Crippen molar-refractivity contribution < 1.29 is 13.2 Å². The molecule has 30 heavy (non-hydrogen) atoms. The molecule has 1 N–H and O–H groups in total. The van der Waals surface area contributed by atoms with Crippen LogP contribution in [0.3, 0.4) is 0 Å². The van der Waals surface area contributed by atoms with E-state index in [4.69, 9.17) is 11.6 Å². The Balaban J connectivity index is 1.46. The molecule has 8 heteroatoms. The molecule has 1 fully saturated rings. The predicted octanol–water partition coefficient (Wildman–Crippen LogP) is 4.24. The molecule has 6 nitrogen and oxygen atoms in total. The number of piperidine rings is 1. The fourth-order valence-corrected chi connectivity index (χ4v) is 5.51. The molecule has 0 spiro atoms. The van der Waals surface area contributed by atoms with Gasteiger partial charge in [0, 0.05) is 41.3 Å². The quantitative estimate of drug-likeness (QED) is 0.654. The Hall–Kier alpha value is -2.48. The van der Waals surface area contributed by atoms with Gasteiger partial charge < -0.3 is 5.32 Å². The molecule has 4 rings (SSSR count). The molecule has 1 aliphatic heterocycles. The van der Waals surface area contributed by atoms with E-state index in [0.29, 0.717) is 29.1 Å². The number of aromatic nitrogens is 1. The number of anilines is 1. The lowest BCUT2D eigenvalue weighted by atomic mass is 9.97. The van der Waals surface area contributed by atoms with Gasteiger partial charge in [-0.15, -0.1) is 0 Å². The number of sulfonamides is 1. The minimum Gasteiger partial charge on any atom is -0.326 e. The second kappa shape index (κ2) is 8.34. The first kappa shape index (κ1) is 20.8. The van der Waals surface area contributed by atoms with E-state index in [2.05, 4.69) is 10.3 Å². The largest absolute Gasteiger partial charge is 0.326 e. The number of fused-ring (bicyclic) bond motifs is 1. The Bertz CT molecular complexity index is 1200. The second-order valence-electron chi connectivity index (χ2n) is 7.46. The summed E-state index contributed by atoms with van der Waals surface area (Å²) in [6.07, 6.45) is 2.51.